The van der Waals surface area contributed by atoms with E-state index in [9.17, 15) is 0 Å². The Labute approximate surface area is 140 Å². The van der Waals surface area contributed by atoms with E-state index in [2.05, 4.69) is 32.0 Å². The molecule has 0 spiro atoms. The van der Waals surface area contributed by atoms with Crippen LogP contribution in [0.3, 0.4) is 0 Å². The Morgan fingerprint density at radius 3 is 2.09 bits per heavy atom. The Morgan fingerprint density at radius 2 is 1.55 bits per heavy atom. The molecule has 0 saturated heterocycles. The number of hydrogen-bond acceptors (Lipinski definition) is 2. The molecule has 1 aliphatic heterocycles. The Morgan fingerprint density at radius 1 is 0.955 bits per heavy atom. The van der Waals surface area contributed by atoms with Gasteiger partial charge in [-0.2, -0.15) is 0 Å². The van der Waals surface area contributed by atoms with Crippen molar-refractivity contribution in [2.75, 3.05) is 6.61 Å². The standard InChI is InChI=1S/C7H6NO.3C4H9.Sn/c1-3-8-5-6-2-4-9-7(1)6;3*1-3-4-2;/h3,5H,2,4H2;3*1,3-4H2,2H3;. The first-order valence-electron chi connectivity index (χ1n) is 9.37. The Hall–Kier alpha value is -0.251. The van der Waals surface area contributed by atoms with Crippen LogP contribution in [-0.4, -0.2) is 30.0 Å². The molecule has 0 unspecified atom stereocenters. The molecule has 1 aromatic rings. The Balaban J connectivity index is 2.37. The number of hydrogen-bond donors (Lipinski definition) is 0. The molecule has 124 valence electrons. The Kier molecular flexibility index (Phi) is 7.52. The maximum atomic E-state index is 6.09. The van der Waals surface area contributed by atoms with Crippen LogP contribution >= 0.6 is 0 Å². The fourth-order valence-electron chi connectivity index (χ4n) is 3.81. The molecule has 3 heteroatoms. The van der Waals surface area contributed by atoms with Gasteiger partial charge in [0.05, 0.1) is 0 Å². The maximum absolute atomic E-state index is 6.09. The van der Waals surface area contributed by atoms with Gasteiger partial charge in [-0.1, -0.05) is 0 Å². The molecule has 0 aromatic carbocycles. The van der Waals surface area contributed by atoms with Crippen LogP contribution in [0.5, 0.6) is 5.75 Å². The van der Waals surface area contributed by atoms with Crippen LogP contribution in [-0.2, 0) is 6.42 Å². The molecule has 2 nitrogen and oxygen atoms in total. The molecular weight excluding hydrogens is 377 g/mol. The van der Waals surface area contributed by atoms with Crippen LogP contribution in [0.2, 0.25) is 13.3 Å². The van der Waals surface area contributed by atoms with Crippen molar-refractivity contribution in [3.63, 3.8) is 0 Å². The predicted molar refractivity (Wildman–Crippen MR) is 98.0 cm³/mol. The zero-order valence-corrected chi connectivity index (χ0v) is 17.6. The van der Waals surface area contributed by atoms with Crippen molar-refractivity contribution in [2.45, 2.75) is 79.0 Å². The second-order valence-electron chi connectivity index (χ2n) is 6.86. The number of pyridine rings is 1. The van der Waals surface area contributed by atoms with E-state index in [0.29, 0.717) is 0 Å². The van der Waals surface area contributed by atoms with E-state index in [-0.39, 0.29) is 0 Å². The third-order valence-corrected chi connectivity index (χ3v) is 20.7. The first kappa shape index (κ1) is 18.1. The molecule has 0 amide bonds. The summed E-state index contributed by atoms with van der Waals surface area (Å²) in [4.78, 5) is 4.62. The van der Waals surface area contributed by atoms with E-state index >= 15 is 0 Å². The second kappa shape index (κ2) is 9.14. The molecule has 2 rings (SSSR count). The zero-order chi connectivity index (χ0) is 15.8. The van der Waals surface area contributed by atoms with Crippen LogP contribution in [0.1, 0.15) is 64.9 Å². The van der Waals surface area contributed by atoms with Gasteiger partial charge in [0, 0.05) is 0 Å². The summed E-state index contributed by atoms with van der Waals surface area (Å²) >= 11 is -2.38. The van der Waals surface area contributed by atoms with Gasteiger partial charge < -0.3 is 0 Å². The third-order valence-electron chi connectivity index (χ3n) is 5.19. The van der Waals surface area contributed by atoms with Crippen molar-refractivity contribution < 1.29 is 4.74 Å². The van der Waals surface area contributed by atoms with Crippen molar-refractivity contribution in [2.24, 2.45) is 0 Å². The van der Waals surface area contributed by atoms with Gasteiger partial charge in [-0.3, -0.25) is 0 Å². The summed E-state index contributed by atoms with van der Waals surface area (Å²) in [6.07, 6.45) is 13.5. The molecule has 0 bridgehead atoms. The van der Waals surface area contributed by atoms with Crippen LogP contribution in [0, 0.1) is 0 Å². The summed E-state index contributed by atoms with van der Waals surface area (Å²) in [6, 6.07) is 0. The van der Waals surface area contributed by atoms with E-state index < -0.39 is 18.4 Å². The van der Waals surface area contributed by atoms with E-state index in [1.165, 1.54) is 63.1 Å². The predicted octanol–water partition coefficient (Wildman–Crippen LogP) is 5.07. The molecule has 1 aliphatic rings. The van der Waals surface area contributed by atoms with Crippen LogP contribution < -0.4 is 8.32 Å². The summed E-state index contributed by atoms with van der Waals surface area (Å²) in [5.41, 5.74) is 1.38. The van der Waals surface area contributed by atoms with Crippen LogP contribution in [0.15, 0.2) is 12.4 Å². The SMILES string of the molecule is CCC[CH2][Sn]([CH2]CCC)([CH2]CCC)[c]1cncc2c1OCC2. The van der Waals surface area contributed by atoms with Gasteiger partial charge in [-0.05, 0) is 0 Å². The van der Waals surface area contributed by atoms with Gasteiger partial charge in [0.25, 0.3) is 0 Å². The average molecular weight is 410 g/mol. The first-order chi connectivity index (χ1) is 10.8. The summed E-state index contributed by atoms with van der Waals surface area (Å²) in [5, 5.41) is 0. The van der Waals surface area contributed by atoms with Crippen molar-refractivity contribution in [1.82, 2.24) is 4.98 Å². The van der Waals surface area contributed by atoms with Gasteiger partial charge in [-0.15, -0.1) is 0 Å². The van der Waals surface area contributed by atoms with Gasteiger partial charge >= 0.3 is 141 Å². The summed E-state index contributed by atoms with van der Waals surface area (Å²) in [7, 11) is 0. The topological polar surface area (TPSA) is 22.1 Å². The molecule has 0 N–H and O–H groups in total. The van der Waals surface area contributed by atoms with Gasteiger partial charge in [0.2, 0.25) is 0 Å². The molecule has 22 heavy (non-hydrogen) atoms. The van der Waals surface area contributed by atoms with E-state index in [0.717, 1.165) is 13.0 Å². The summed E-state index contributed by atoms with van der Waals surface area (Å²) in [5.74, 6) is 1.27. The number of nitrogens with zero attached hydrogens (tertiary/aromatic N) is 1. The molecule has 0 aliphatic carbocycles. The number of aromatic nitrogens is 1. The fraction of sp³-hybridized carbons (Fsp3) is 0.737. The van der Waals surface area contributed by atoms with Gasteiger partial charge in [-0.25, -0.2) is 0 Å². The van der Waals surface area contributed by atoms with Crippen LogP contribution in [0.4, 0.5) is 0 Å². The zero-order valence-electron chi connectivity index (χ0n) is 14.8. The normalized spacial score (nSPS) is 14.0. The van der Waals surface area contributed by atoms with Crippen LogP contribution in [0.25, 0.3) is 0 Å². The van der Waals surface area contributed by atoms with Crippen molar-refractivity contribution in [1.29, 1.82) is 0 Å². The van der Waals surface area contributed by atoms with Gasteiger partial charge in [0.1, 0.15) is 0 Å². The summed E-state index contributed by atoms with van der Waals surface area (Å²) in [6.45, 7) is 7.87. The van der Waals surface area contributed by atoms with Crippen molar-refractivity contribution in [3.8, 4) is 5.75 Å². The number of unbranched alkanes of at least 4 members (excludes halogenated alkanes) is 3. The molecule has 0 saturated carbocycles. The molecular formula is C19H33NOSn. The second-order valence-corrected chi connectivity index (χ2v) is 20.0. The quantitative estimate of drug-likeness (QED) is 0.503. The molecule has 0 fully saturated rings. The summed E-state index contributed by atoms with van der Waals surface area (Å²) < 4.78 is 12.2. The van der Waals surface area contributed by atoms with E-state index in [1.54, 1.807) is 3.58 Å². The van der Waals surface area contributed by atoms with Crippen molar-refractivity contribution in [3.05, 3.63) is 18.0 Å². The van der Waals surface area contributed by atoms with Gasteiger partial charge in [0.15, 0.2) is 0 Å². The number of ether oxygens (including phenoxy) is 1. The van der Waals surface area contributed by atoms with E-state index in [4.69, 9.17) is 4.74 Å². The molecule has 0 atom stereocenters. The molecule has 0 radical (unpaired) electrons. The molecule has 1 aromatic heterocycles. The monoisotopic (exact) mass is 411 g/mol. The number of fused-ring (bicyclic) bond motifs is 1. The third kappa shape index (κ3) is 4.18. The van der Waals surface area contributed by atoms with E-state index in [1.807, 2.05) is 6.20 Å². The minimum atomic E-state index is -2.38. The van der Waals surface area contributed by atoms with Crippen molar-refractivity contribution >= 4 is 22.0 Å². The number of rotatable bonds is 10. The minimum absolute atomic E-state index is 0.866. The first-order valence-corrected chi connectivity index (χ1v) is 16.9. The molecule has 2 heterocycles. The average Bonchev–Trinajstić information content (AvgIpc) is 3.03. The Bertz CT molecular complexity index is 439. The fourth-order valence-corrected chi connectivity index (χ4v) is 20.1.